The summed E-state index contributed by atoms with van der Waals surface area (Å²) in [6, 6.07) is 24.8. The van der Waals surface area contributed by atoms with Crippen LogP contribution in [0.25, 0.3) is 21.9 Å². The summed E-state index contributed by atoms with van der Waals surface area (Å²) in [6.07, 6.45) is 0. The average Bonchev–Trinajstić information content (AvgIpc) is 2.93. The monoisotopic (exact) mass is 267 g/mol. The fraction of sp³-hybridized carbons (Fsp3) is 0. The molecule has 0 atom stereocenters. The van der Waals surface area contributed by atoms with Gasteiger partial charge in [0, 0.05) is 16.3 Å². The molecule has 97 valence electrons. The molecule has 0 spiro atoms. The van der Waals surface area contributed by atoms with E-state index in [1.165, 1.54) is 0 Å². The molecule has 0 aliphatic carbocycles. The maximum Gasteiger partial charge on any atom is 0.151 e. The number of rotatable bonds is 0. The van der Waals surface area contributed by atoms with Crippen molar-refractivity contribution in [2.45, 2.75) is 0 Å². The van der Waals surface area contributed by atoms with Crippen molar-refractivity contribution in [3.05, 3.63) is 83.9 Å². The Morgan fingerprint density at radius 1 is 0.762 bits per heavy atom. The molecule has 0 saturated carbocycles. The first-order chi connectivity index (χ1) is 10.4. The van der Waals surface area contributed by atoms with E-state index in [9.17, 15) is 0 Å². The molecule has 1 heterocycles. The van der Waals surface area contributed by atoms with Crippen LogP contribution in [0.4, 0.5) is 0 Å². The highest BCUT2D eigenvalue weighted by atomic mass is 16.3. The molecule has 1 radical (unpaired) electrons. The molecular formula is C20H11O. The molecule has 0 amide bonds. The molecule has 0 fully saturated rings. The summed E-state index contributed by atoms with van der Waals surface area (Å²) >= 11 is 0. The normalized spacial score (nSPS) is 10.5. The third kappa shape index (κ3) is 2.07. The Bertz CT molecular complexity index is 982. The van der Waals surface area contributed by atoms with Crippen LogP contribution in [0.1, 0.15) is 11.1 Å². The molecule has 0 aliphatic rings. The van der Waals surface area contributed by atoms with E-state index in [2.05, 4.69) is 30.0 Å². The fourth-order valence-electron chi connectivity index (χ4n) is 2.46. The number of hydrogen-bond acceptors (Lipinski definition) is 1. The first-order valence-corrected chi connectivity index (χ1v) is 6.80. The van der Waals surface area contributed by atoms with E-state index in [1.54, 1.807) is 0 Å². The standard InChI is InChI=1S/C20H11O/c1-2-7-15(8-3-1)13-14-16-9-6-11-18-17-10-4-5-12-19(17)21-20(16)18/h2-12H. The van der Waals surface area contributed by atoms with Crippen LogP contribution in [0.15, 0.2) is 71.1 Å². The predicted molar refractivity (Wildman–Crippen MR) is 85.0 cm³/mol. The smallest absolute Gasteiger partial charge is 0.151 e. The van der Waals surface area contributed by atoms with Crippen LogP contribution < -0.4 is 0 Å². The quantitative estimate of drug-likeness (QED) is 0.418. The van der Waals surface area contributed by atoms with Crippen LogP contribution in [0, 0.1) is 17.9 Å². The number of furan rings is 1. The number of benzene rings is 3. The molecule has 0 aliphatic heterocycles. The van der Waals surface area contributed by atoms with Gasteiger partial charge in [0.05, 0.1) is 5.56 Å². The Morgan fingerprint density at radius 2 is 1.57 bits per heavy atom. The zero-order valence-electron chi connectivity index (χ0n) is 11.3. The van der Waals surface area contributed by atoms with E-state index in [-0.39, 0.29) is 0 Å². The maximum atomic E-state index is 5.96. The largest absolute Gasteiger partial charge is 0.455 e. The first-order valence-electron chi connectivity index (χ1n) is 6.80. The molecule has 4 aromatic rings. The van der Waals surface area contributed by atoms with Crippen molar-refractivity contribution in [2.75, 3.05) is 0 Å². The molecule has 0 saturated heterocycles. The van der Waals surface area contributed by atoms with E-state index in [1.807, 2.05) is 54.6 Å². The van der Waals surface area contributed by atoms with Crippen LogP contribution in [0.2, 0.25) is 0 Å². The van der Waals surface area contributed by atoms with Gasteiger partial charge in [-0.25, -0.2) is 0 Å². The summed E-state index contributed by atoms with van der Waals surface area (Å²) in [5.41, 5.74) is 3.64. The second kappa shape index (κ2) is 4.85. The zero-order chi connectivity index (χ0) is 14.1. The van der Waals surface area contributed by atoms with Crippen molar-refractivity contribution in [2.24, 2.45) is 0 Å². The van der Waals surface area contributed by atoms with E-state index in [4.69, 9.17) is 4.42 Å². The van der Waals surface area contributed by atoms with Gasteiger partial charge in [-0.05, 0) is 30.3 Å². The SMILES string of the molecule is C(#Cc1cccc2c1oc1ccccc12)c1cc[c]cc1. The summed E-state index contributed by atoms with van der Waals surface area (Å²) < 4.78 is 5.96. The number of hydrogen-bond donors (Lipinski definition) is 0. The van der Waals surface area contributed by atoms with Crippen LogP contribution in [0.5, 0.6) is 0 Å². The van der Waals surface area contributed by atoms with Crippen molar-refractivity contribution in [1.29, 1.82) is 0 Å². The second-order valence-electron chi connectivity index (χ2n) is 4.82. The topological polar surface area (TPSA) is 13.1 Å². The maximum absolute atomic E-state index is 5.96. The molecule has 0 N–H and O–H groups in total. The summed E-state index contributed by atoms with van der Waals surface area (Å²) in [5, 5.41) is 2.24. The van der Waals surface area contributed by atoms with E-state index in [0.29, 0.717) is 0 Å². The van der Waals surface area contributed by atoms with Crippen molar-refractivity contribution >= 4 is 21.9 Å². The highest BCUT2D eigenvalue weighted by Crippen LogP contribution is 2.30. The first kappa shape index (κ1) is 11.8. The van der Waals surface area contributed by atoms with Crippen LogP contribution in [0.3, 0.4) is 0 Å². The fourth-order valence-corrected chi connectivity index (χ4v) is 2.46. The molecule has 21 heavy (non-hydrogen) atoms. The summed E-state index contributed by atoms with van der Waals surface area (Å²) in [4.78, 5) is 0. The molecule has 1 aromatic heterocycles. The lowest BCUT2D eigenvalue weighted by molar-refractivity contribution is 0.668. The zero-order valence-corrected chi connectivity index (χ0v) is 11.3. The lowest BCUT2D eigenvalue weighted by atomic mass is 10.1. The molecular weight excluding hydrogens is 256 g/mol. The van der Waals surface area contributed by atoms with Crippen LogP contribution >= 0.6 is 0 Å². The minimum atomic E-state index is 0.855. The van der Waals surface area contributed by atoms with Gasteiger partial charge >= 0.3 is 0 Å². The number of para-hydroxylation sites is 2. The van der Waals surface area contributed by atoms with Crippen LogP contribution in [-0.4, -0.2) is 0 Å². The molecule has 1 nitrogen and oxygen atoms in total. The molecule has 0 bridgehead atoms. The Morgan fingerprint density at radius 3 is 2.48 bits per heavy atom. The van der Waals surface area contributed by atoms with Gasteiger partial charge in [0.15, 0.2) is 5.58 Å². The third-order valence-electron chi connectivity index (χ3n) is 3.46. The Balaban J connectivity index is 1.92. The predicted octanol–water partition coefficient (Wildman–Crippen LogP) is 4.79. The Kier molecular flexibility index (Phi) is 2.73. The van der Waals surface area contributed by atoms with Gasteiger partial charge in [-0.1, -0.05) is 54.3 Å². The summed E-state index contributed by atoms with van der Waals surface area (Å²) in [7, 11) is 0. The van der Waals surface area contributed by atoms with E-state index >= 15 is 0 Å². The Labute approximate surface area is 122 Å². The van der Waals surface area contributed by atoms with E-state index in [0.717, 1.165) is 33.1 Å². The average molecular weight is 267 g/mol. The third-order valence-corrected chi connectivity index (χ3v) is 3.46. The highest BCUT2D eigenvalue weighted by molar-refractivity contribution is 6.06. The Hall–Kier alpha value is -2.98. The molecule has 4 rings (SSSR count). The highest BCUT2D eigenvalue weighted by Gasteiger charge is 2.08. The van der Waals surface area contributed by atoms with Crippen molar-refractivity contribution in [1.82, 2.24) is 0 Å². The number of fused-ring (bicyclic) bond motifs is 3. The minimum absolute atomic E-state index is 0.855. The molecule has 1 heteroatoms. The van der Waals surface area contributed by atoms with Gasteiger partial charge in [-0.3, -0.25) is 0 Å². The van der Waals surface area contributed by atoms with Crippen molar-refractivity contribution in [3.63, 3.8) is 0 Å². The van der Waals surface area contributed by atoms with Gasteiger partial charge < -0.3 is 4.42 Å². The van der Waals surface area contributed by atoms with Gasteiger partial charge in [-0.2, -0.15) is 0 Å². The van der Waals surface area contributed by atoms with Crippen molar-refractivity contribution in [3.8, 4) is 11.8 Å². The van der Waals surface area contributed by atoms with Crippen LogP contribution in [-0.2, 0) is 0 Å². The lowest BCUT2D eigenvalue weighted by Gasteiger charge is -1.92. The summed E-state index contributed by atoms with van der Waals surface area (Å²) in [6.45, 7) is 0. The van der Waals surface area contributed by atoms with Gasteiger partial charge in [-0.15, -0.1) is 0 Å². The van der Waals surface area contributed by atoms with Gasteiger partial charge in [0.25, 0.3) is 0 Å². The second-order valence-corrected chi connectivity index (χ2v) is 4.82. The van der Waals surface area contributed by atoms with Crippen molar-refractivity contribution < 1.29 is 4.42 Å². The lowest BCUT2D eigenvalue weighted by Crippen LogP contribution is -1.76. The van der Waals surface area contributed by atoms with Gasteiger partial charge in [0.1, 0.15) is 5.58 Å². The van der Waals surface area contributed by atoms with E-state index < -0.39 is 0 Å². The molecule has 3 aromatic carbocycles. The van der Waals surface area contributed by atoms with Gasteiger partial charge in [0.2, 0.25) is 0 Å². The molecule has 0 unspecified atom stereocenters. The summed E-state index contributed by atoms with van der Waals surface area (Å²) in [5.74, 6) is 6.37. The minimum Gasteiger partial charge on any atom is -0.455 e.